The van der Waals surface area contributed by atoms with Crippen molar-refractivity contribution in [2.75, 3.05) is 39.2 Å². The van der Waals surface area contributed by atoms with Gasteiger partial charge in [-0.05, 0) is 45.6 Å². The number of benzene rings is 1. The average Bonchev–Trinajstić information content (AvgIpc) is 3.29. The molecule has 0 fully saturated rings. The van der Waals surface area contributed by atoms with Crippen LogP contribution >= 0.6 is 11.3 Å². The maximum absolute atomic E-state index is 13.2. The Morgan fingerprint density at radius 3 is 2.67 bits per heavy atom. The normalized spacial score (nSPS) is 11.3. The molecule has 0 unspecified atom stereocenters. The van der Waals surface area contributed by atoms with Crippen LogP contribution in [-0.2, 0) is 6.54 Å². The molecule has 0 aliphatic rings. The number of methoxy groups -OCH3 is 1. The zero-order valence-corrected chi connectivity index (χ0v) is 17.2. The van der Waals surface area contributed by atoms with Gasteiger partial charge in [-0.2, -0.15) is 5.10 Å². The van der Waals surface area contributed by atoms with Gasteiger partial charge in [0.05, 0.1) is 11.8 Å². The molecule has 0 bridgehead atoms. The van der Waals surface area contributed by atoms with Crippen LogP contribution in [-0.4, -0.2) is 59.9 Å². The van der Waals surface area contributed by atoms with Crippen molar-refractivity contribution >= 4 is 32.6 Å². The predicted molar refractivity (Wildman–Crippen MR) is 109 cm³/mol. The Kier molecular flexibility index (Phi) is 5.76. The van der Waals surface area contributed by atoms with Gasteiger partial charge in [0.15, 0.2) is 10.8 Å². The van der Waals surface area contributed by atoms with Crippen LogP contribution in [0.2, 0.25) is 0 Å². The number of thiazole rings is 1. The highest BCUT2D eigenvalue weighted by molar-refractivity contribution is 7.22. The van der Waals surface area contributed by atoms with Crippen molar-refractivity contribution in [1.29, 1.82) is 0 Å². The lowest BCUT2D eigenvalue weighted by molar-refractivity contribution is 0.0979. The van der Waals surface area contributed by atoms with Gasteiger partial charge < -0.3 is 9.64 Å². The fourth-order valence-corrected chi connectivity index (χ4v) is 3.83. The number of likely N-dealkylation sites (N-methyl/N-ethyl adjacent to an activating group) is 1. The number of hydrogen-bond acceptors (Lipinski definition) is 6. The Bertz CT molecular complexity index is 947. The van der Waals surface area contributed by atoms with Crippen LogP contribution in [0.3, 0.4) is 0 Å². The summed E-state index contributed by atoms with van der Waals surface area (Å²) in [5.41, 5.74) is 2.34. The molecular formula is C19H25N5O2S. The smallest absolute Gasteiger partial charge is 0.280 e. The Labute approximate surface area is 163 Å². The van der Waals surface area contributed by atoms with Crippen LogP contribution in [0.15, 0.2) is 24.4 Å². The van der Waals surface area contributed by atoms with Crippen LogP contribution in [0.25, 0.3) is 10.2 Å². The molecule has 27 heavy (non-hydrogen) atoms. The maximum atomic E-state index is 13.2. The molecule has 3 aromatic rings. The summed E-state index contributed by atoms with van der Waals surface area (Å²) in [5.74, 6) is 0.577. The van der Waals surface area contributed by atoms with E-state index in [9.17, 15) is 4.79 Å². The van der Waals surface area contributed by atoms with Crippen molar-refractivity contribution in [3.05, 3.63) is 35.7 Å². The maximum Gasteiger partial charge on any atom is 0.280 e. The number of hydrogen-bond donors (Lipinski definition) is 0. The Hall–Kier alpha value is -2.45. The summed E-state index contributed by atoms with van der Waals surface area (Å²) in [6, 6.07) is 5.68. The summed E-state index contributed by atoms with van der Waals surface area (Å²) in [7, 11) is 5.61. The third-order valence-corrected chi connectivity index (χ3v) is 5.56. The first-order valence-corrected chi connectivity index (χ1v) is 9.70. The number of aromatic nitrogens is 3. The summed E-state index contributed by atoms with van der Waals surface area (Å²) >= 11 is 1.51. The quantitative estimate of drug-likeness (QED) is 0.623. The molecule has 2 heterocycles. The molecule has 0 saturated carbocycles. The molecule has 0 aliphatic heterocycles. The lowest BCUT2D eigenvalue weighted by Gasteiger charge is -2.21. The molecule has 0 saturated heterocycles. The lowest BCUT2D eigenvalue weighted by Crippen LogP contribution is -2.37. The van der Waals surface area contributed by atoms with Gasteiger partial charge in [-0.15, -0.1) is 0 Å². The van der Waals surface area contributed by atoms with Gasteiger partial charge in [0.2, 0.25) is 0 Å². The topological polar surface area (TPSA) is 63.5 Å². The van der Waals surface area contributed by atoms with Crippen LogP contribution in [0.1, 0.15) is 23.0 Å². The molecular weight excluding hydrogens is 362 g/mol. The van der Waals surface area contributed by atoms with E-state index in [4.69, 9.17) is 9.72 Å². The Balaban J connectivity index is 2.03. The minimum atomic E-state index is -0.139. The third kappa shape index (κ3) is 3.96. The van der Waals surface area contributed by atoms with Crippen molar-refractivity contribution in [3.63, 3.8) is 0 Å². The van der Waals surface area contributed by atoms with E-state index in [0.717, 1.165) is 28.9 Å². The molecule has 7 nitrogen and oxygen atoms in total. The predicted octanol–water partition coefficient (Wildman–Crippen LogP) is 3.04. The number of anilines is 1. The van der Waals surface area contributed by atoms with Gasteiger partial charge in [0, 0.05) is 25.8 Å². The first-order chi connectivity index (χ1) is 12.9. The minimum absolute atomic E-state index is 0.139. The van der Waals surface area contributed by atoms with E-state index in [0.29, 0.717) is 23.1 Å². The largest absolute Gasteiger partial charge is 0.494 e. The molecule has 8 heteroatoms. The Morgan fingerprint density at radius 2 is 2.04 bits per heavy atom. The first-order valence-electron chi connectivity index (χ1n) is 8.88. The van der Waals surface area contributed by atoms with Crippen LogP contribution in [0.4, 0.5) is 5.13 Å². The molecule has 0 N–H and O–H groups in total. The molecule has 3 rings (SSSR count). The van der Waals surface area contributed by atoms with Gasteiger partial charge in [0.1, 0.15) is 11.3 Å². The number of nitrogens with zero attached hydrogens (tertiary/aromatic N) is 5. The van der Waals surface area contributed by atoms with Crippen LogP contribution < -0.4 is 9.64 Å². The van der Waals surface area contributed by atoms with E-state index < -0.39 is 0 Å². The molecule has 0 atom stereocenters. The number of carbonyl (C=O) groups is 1. The van der Waals surface area contributed by atoms with E-state index in [-0.39, 0.29) is 5.91 Å². The van der Waals surface area contributed by atoms with E-state index >= 15 is 0 Å². The number of carbonyl (C=O) groups excluding carboxylic acids is 1. The molecule has 1 amide bonds. The fourth-order valence-electron chi connectivity index (χ4n) is 2.75. The first kappa shape index (κ1) is 19.3. The van der Waals surface area contributed by atoms with Crippen LogP contribution in [0, 0.1) is 6.92 Å². The number of fused-ring (bicyclic) bond motifs is 1. The lowest BCUT2D eigenvalue weighted by atomic mass is 10.2. The number of amides is 1. The monoisotopic (exact) mass is 387 g/mol. The second-order valence-electron chi connectivity index (χ2n) is 6.58. The molecule has 144 valence electrons. The van der Waals surface area contributed by atoms with E-state index in [1.54, 1.807) is 22.8 Å². The zero-order valence-electron chi connectivity index (χ0n) is 16.4. The minimum Gasteiger partial charge on any atom is -0.494 e. The molecule has 0 spiro atoms. The highest BCUT2D eigenvalue weighted by Gasteiger charge is 2.24. The highest BCUT2D eigenvalue weighted by Crippen LogP contribution is 2.36. The fraction of sp³-hybridized carbons (Fsp3) is 0.421. The highest BCUT2D eigenvalue weighted by atomic mass is 32.1. The third-order valence-electron chi connectivity index (χ3n) is 4.34. The Morgan fingerprint density at radius 1 is 1.26 bits per heavy atom. The number of ether oxygens (including phenoxy) is 1. The summed E-state index contributed by atoms with van der Waals surface area (Å²) in [6.07, 6.45) is 1.82. The van der Waals surface area contributed by atoms with Gasteiger partial charge in [0.25, 0.3) is 5.91 Å². The van der Waals surface area contributed by atoms with E-state index in [2.05, 4.69) is 5.10 Å². The van der Waals surface area contributed by atoms with Gasteiger partial charge >= 0.3 is 0 Å². The number of rotatable bonds is 7. The van der Waals surface area contributed by atoms with Crippen molar-refractivity contribution in [2.45, 2.75) is 20.4 Å². The van der Waals surface area contributed by atoms with E-state index in [1.165, 1.54) is 11.3 Å². The van der Waals surface area contributed by atoms with E-state index in [1.807, 2.05) is 51.2 Å². The van der Waals surface area contributed by atoms with Crippen LogP contribution in [0.5, 0.6) is 5.75 Å². The van der Waals surface area contributed by atoms with Gasteiger partial charge in [-0.3, -0.25) is 14.4 Å². The molecule has 2 aromatic heterocycles. The molecule has 0 aliphatic carbocycles. The molecule has 1 aromatic carbocycles. The molecule has 0 radical (unpaired) electrons. The number of aryl methyl sites for hydroxylation is 2. The summed E-state index contributed by atoms with van der Waals surface area (Å²) in [4.78, 5) is 21.7. The van der Waals surface area contributed by atoms with Crippen molar-refractivity contribution in [3.8, 4) is 5.75 Å². The summed E-state index contributed by atoms with van der Waals surface area (Å²) in [5, 5.41) is 5.03. The van der Waals surface area contributed by atoms with Gasteiger partial charge in [-0.1, -0.05) is 17.4 Å². The second kappa shape index (κ2) is 8.06. The second-order valence-corrected chi connectivity index (χ2v) is 7.55. The zero-order chi connectivity index (χ0) is 19.6. The summed E-state index contributed by atoms with van der Waals surface area (Å²) in [6.45, 7) is 6.02. The average molecular weight is 388 g/mol. The SMILES string of the molecule is CCn1ccc(C(=O)N(CCN(C)C)c2nc3c(OC)ccc(C)c3s2)n1. The summed E-state index contributed by atoms with van der Waals surface area (Å²) < 4.78 is 8.24. The standard InChI is InChI=1S/C19H25N5O2S/c1-6-23-10-9-14(21-23)18(25)24(12-11-22(3)4)19-20-16-15(26-5)8-7-13(2)17(16)27-19/h7-10H,6,11-12H2,1-5H3. The van der Waals surface area contributed by atoms with Gasteiger partial charge in [-0.25, -0.2) is 4.98 Å². The van der Waals surface area contributed by atoms with Crippen molar-refractivity contribution in [1.82, 2.24) is 19.7 Å². The van der Waals surface area contributed by atoms with Crippen molar-refractivity contribution in [2.24, 2.45) is 0 Å². The van der Waals surface area contributed by atoms with Crippen molar-refractivity contribution < 1.29 is 9.53 Å².